The van der Waals surface area contributed by atoms with Gasteiger partial charge in [-0.15, -0.1) is 0 Å². The van der Waals surface area contributed by atoms with E-state index in [1.54, 1.807) is 14.2 Å². The van der Waals surface area contributed by atoms with Crippen LogP contribution < -0.4 is 0 Å². The van der Waals surface area contributed by atoms with Gasteiger partial charge in [0.2, 0.25) is 0 Å². The van der Waals surface area contributed by atoms with E-state index in [-0.39, 0.29) is 0 Å². The Morgan fingerprint density at radius 3 is 0.971 bits per heavy atom. The quantitative estimate of drug-likeness (QED) is 0.0704. The van der Waals surface area contributed by atoms with Crippen molar-refractivity contribution in [1.82, 2.24) is 0 Å². The lowest BCUT2D eigenvalue weighted by molar-refractivity contribution is 0.0955. The van der Waals surface area contributed by atoms with E-state index in [9.17, 15) is 0 Å². The highest BCUT2D eigenvalue weighted by molar-refractivity contribution is 6.60. The van der Waals surface area contributed by atoms with Crippen LogP contribution in [0.15, 0.2) is 0 Å². The summed E-state index contributed by atoms with van der Waals surface area (Å²) in [5.41, 5.74) is 0. The Labute approximate surface area is 223 Å². The Morgan fingerprint density at radius 2 is 0.657 bits per heavy atom. The Balaban J connectivity index is 3.56. The summed E-state index contributed by atoms with van der Waals surface area (Å²) in [5, 5.41) is 0. The Bertz CT molecular complexity index is 387. The summed E-state index contributed by atoms with van der Waals surface area (Å²) in [7, 11) is 1.11. The van der Waals surface area contributed by atoms with Crippen molar-refractivity contribution in [3.8, 4) is 0 Å². The molecule has 0 atom stereocenters. The maximum Gasteiger partial charge on any atom is 0.500 e. The fourth-order valence-corrected chi connectivity index (χ4v) is 7.10. The SMILES string of the molecule is CCCCCCCCCCCCCCCC[Si](OC)(OC)OCCCCCCCCCCCCC. The molecule has 0 aliphatic heterocycles. The van der Waals surface area contributed by atoms with Crippen LogP contribution in [0.1, 0.15) is 174 Å². The first-order chi connectivity index (χ1) is 17.2. The van der Waals surface area contributed by atoms with E-state index < -0.39 is 8.80 Å². The summed E-state index contributed by atoms with van der Waals surface area (Å²) in [4.78, 5) is 0. The average Bonchev–Trinajstić information content (AvgIpc) is 2.88. The van der Waals surface area contributed by atoms with Gasteiger partial charge in [-0.2, -0.15) is 0 Å². The van der Waals surface area contributed by atoms with Gasteiger partial charge < -0.3 is 13.3 Å². The van der Waals surface area contributed by atoms with Gasteiger partial charge in [0.05, 0.1) is 0 Å². The second-order valence-electron chi connectivity index (χ2n) is 10.8. The van der Waals surface area contributed by atoms with Gasteiger partial charge >= 0.3 is 8.80 Å². The molecule has 0 radical (unpaired) electrons. The highest BCUT2D eigenvalue weighted by Gasteiger charge is 2.38. The van der Waals surface area contributed by atoms with Crippen molar-refractivity contribution in [3.63, 3.8) is 0 Å². The molecule has 4 heteroatoms. The molecule has 212 valence electrons. The normalized spacial score (nSPS) is 12.0. The van der Waals surface area contributed by atoms with E-state index in [1.807, 2.05) is 0 Å². The van der Waals surface area contributed by atoms with Gasteiger partial charge in [-0.25, -0.2) is 0 Å². The molecule has 0 spiro atoms. The first-order valence-corrected chi connectivity index (χ1v) is 17.9. The molecule has 0 heterocycles. The molecule has 0 unspecified atom stereocenters. The third-order valence-corrected chi connectivity index (χ3v) is 10.4. The van der Waals surface area contributed by atoms with Crippen LogP contribution >= 0.6 is 0 Å². The maximum atomic E-state index is 6.22. The molecule has 0 aromatic heterocycles. The molecule has 0 saturated carbocycles. The number of hydrogen-bond donors (Lipinski definition) is 0. The molecule has 35 heavy (non-hydrogen) atoms. The summed E-state index contributed by atoms with van der Waals surface area (Å²) in [6, 6.07) is 0.968. The molecule has 0 fully saturated rings. The first-order valence-electron chi connectivity index (χ1n) is 16.0. The van der Waals surface area contributed by atoms with Crippen molar-refractivity contribution in [2.45, 2.75) is 180 Å². The van der Waals surface area contributed by atoms with E-state index in [0.717, 1.165) is 19.1 Å². The molecular formula is C31H66O3Si. The first kappa shape index (κ1) is 35.1. The Hall–Kier alpha value is 0.0969. The van der Waals surface area contributed by atoms with Crippen molar-refractivity contribution >= 4 is 8.80 Å². The standard InChI is InChI=1S/C31H66O3Si/c1-5-7-9-11-13-15-17-18-19-21-23-25-27-29-31-35(32-3,33-4)34-30-28-26-24-22-20-16-14-12-10-8-6-2/h5-31H2,1-4H3. The van der Waals surface area contributed by atoms with Crippen LogP contribution in [0.5, 0.6) is 0 Å². The van der Waals surface area contributed by atoms with Crippen molar-refractivity contribution in [2.24, 2.45) is 0 Å². The summed E-state index contributed by atoms with van der Waals surface area (Å²) in [6.45, 7) is 5.38. The van der Waals surface area contributed by atoms with Crippen LogP contribution in [-0.4, -0.2) is 29.6 Å². The third-order valence-electron chi connectivity index (χ3n) is 7.53. The molecule has 0 rings (SSSR count). The van der Waals surface area contributed by atoms with Crippen molar-refractivity contribution in [2.75, 3.05) is 20.8 Å². The van der Waals surface area contributed by atoms with Crippen molar-refractivity contribution < 1.29 is 13.3 Å². The summed E-state index contributed by atoms with van der Waals surface area (Å²) >= 11 is 0. The van der Waals surface area contributed by atoms with Gasteiger partial charge in [0.1, 0.15) is 0 Å². The summed E-state index contributed by atoms with van der Waals surface area (Å²) < 4.78 is 17.8. The molecule has 0 N–H and O–H groups in total. The van der Waals surface area contributed by atoms with E-state index in [2.05, 4.69) is 13.8 Å². The van der Waals surface area contributed by atoms with Gasteiger partial charge in [0.15, 0.2) is 0 Å². The topological polar surface area (TPSA) is 27.7 Å². The molecule has 0 saturated heterocycles. The molecule has 3 nitrogen and oxygen atoms in total. The zero-order valence-corrected chi connectivity index (χ0v) is 25.8. The number of rotatable bonds is 30. The summed E-state index contributed by atoms with van der Waals surface area (Å²) in [6.07, 6.45) is 34.4. The van der Waals surface area contributed by atoms with Gasteiger partial charge in [-0.3, -0.25) is 0 Å². The lowest BCUT2D eigenvalue weighted by atomic mass is 10.0. The molecule has 0 aliphatic carbocycles. The molecule has 0 aliphatic rings. The predicted octanol–water partition coefficient (Wildman–Crippen LogP) is 11.0. The smallest absolute Gasteiger partial charge is 0.377 e. The molecular weight excluding hydrogens is 448 g/mol. The molecule has 0 aromatic rings. The Kier molecular flexibility index (Phi) is 28.7. The van der Waals surface area contributed by atoms with Crippen molar-refractivity contribution in [1.29, 1.82) is 0 Å². The molecule has 0 amide bonds. The van der Waals surface area contributed by atoms with Crippen LogP contribution in [0.2, 0.25) is 6.04 Å². The highest BCUT2D eigenvalue weighted by atomic mass is 28.4. The second-order valence-corrected chi connectivity index (χ2v) is 13.8. The zero-order chi connectivity index (χ0) is 25.7. The monoisotopic (exact) mass is 514 g/mol. The average molecular weight is 515 g/mol. The highest BCUT2D eigenvalue weighted by Crippen LogP contribution is 2.20. The zero-order valence-electron chi connectivity index (χ0n) is 24.8. The van der Waals surface area contributed by atoms with E-state index in [0.29, 0.717) is 0 Å². The minimum Gasteiger partial charge on any atom is -0.377 e. The van der Waals surface area contributed by atoms with Crippen LogP contribution in [0.25, 0.3) is 0 Å². The lowest BCUT2D eigenvalue weighted by Gasteiger charge is -2.26. The van der Waals surface area contributed by atoms with Gasteiger partial charge in [-0.05, 0) is 12.8 Å². The van der Waals surface area contributed by atoms with E-state index in [4.69, 9.17) is 13.3 Å². The largest absolute Gasteiger partial charge is 0.500 e. The number of hydrogen-bond acceptors (Lipinski definition) is 3. The lowest BCUT2D eigenvalue weighted by Crippen LogP contribution is -2.44. The van der Waals surface area contributed by atoms with Crippen LogP contribution in [0.4, 0.5) is 0 Å². The summed E-state index contributed by atoms with van der Waals surface area (Å²) in [5.74, 6) is 0. The van der Waals surface area contributed by atoms with Gasteiger partial charge in [0, 0.05) is 26.9 Å². The molecule has 0 bridgehead atoms. The van der Waals surface area contributed by atoms with Crippen LogP contribution in [0, 0.1) is 0 Å². The fraction of sp³-hybridized carbons (Fsp3) is 1.00. The minimum absolute atomic E-state index is 0.795. The van der Waals surface area contributed by atoms with E-state index in [1.165, 1.54) is 154 Å². The maximum absolute atomic E-state index is 6.22. The third kappa shape index (κ3) is 24.2. The second kappa shape index (κ2) is 28.7. The minimum atomic E-state index is -2.44. The predicted molar refractivity (Wildman–Crippen MR) is 157 cm³/mol. The van der Waals surface area contributed by atoms with Gasteiger partial charge in [-0.1, -0.05) is 162 Å². The fourth-order valence-electron chi connectivity index (χ4n) is 5.01. The van der Waals surface area contributed by atoms with E-state index >= 15 is 0 Å². The Morgan fingerprint density at radius 1 is 0.371 bits per heavy atom. The van der Waals surface area contributed by atoms with Crippen molar-refractivity contribution in [3.05, 3.63) is 0 Å². The van der Waals surface area contributed by atoms with Gasteiger partial charge in [0.25, 0.3) is 0 Å². The van der Waals surface area contributed by atoms with Crippen LogP contribution in [0.3, 0.4) is 0 Å². The van der Waals surface area contributed by atoms with Crippen LogP contribution in [-0.2, 0) is 13.3 Å². The number of unbranched alkanes of at least 4 members (excludes halogenated alkanes) is 23. The molecule has 0 aromatic carbocycles.